The number of rotatable bonds is 6. The molecule has 0 amide bonds. The number of methoxy groups -OCH3 is 1. The fraction of sp³-hybridized carbons (Fsp3) is 0.267. The molecule has 1 N–H and O–H groups in total. The van der Waals surface area contributed by atoms with Crippen LogP contribution in [0.4, 0.5) is 4.39 Å². The van der Waals surface area contributed by atoms with Crippen molar-refractivity contribution in [3.05, 3.63) is 48.0 Å². The molecule has 0 aliphatic carbocycles. The van der Waals surface area contributed by atoms with E-state index < -0.39 is 0 Å². The van der Waals surface area contributed by atoms with Crippen molar-refractivity contribution in [2.75, 3.05) is 13.7 Å². The summed E-state index contributed by atoms with van der Waals surface area (Å²) >= 11 is 0. The van der Waals surface area contributed by atoms with Gasteiger partial charge in [-0.2, -0.15) is 0 Å². The van der Waals surface area contributed by atoms with E-state index in [1.165, 1.54) is 19.2 Å². The van der Waals surface area contributed by atoms with E-state index in [1.54, 1.807) is 12.1 Å². The largest absolute Gasteiger partial charge is 0.469 e. The minimum absolute atomic E-state index is 0.246. The summed E-state index contributed by atoms with van der Waals surface area (Å²) in [6.07, 6.45) is 0.321. The van der Waals surface area contributed by atoms with E-state index in [0.29, 0.717) is 25.3 Å². The quantitative estimate of drug-likeness (QED) is 0.651. The van der Waals surface area contributed by atoms with Crippen molar-refractivity contribution in [3.8, 4) is 11.3 Å². The molecule has 0 unspecified atom stereocenters. The second-order valence-electron chi connectivity index (χ2n) is 4.28. The number of carbonyl (C=O) groups is 1. The highest BCUT2D eigenvalue weighted by Gasteiger charge is 2.05. The van der Waals surface area contributed by atoms with Gasteiger partial charge in [0.15, 0.2) is 0 Å². The van der Waals surface area contributed by atoms with Gasteiger partial charge in [-0.25, -0.2) is 4.39 Å². The van der Waals surface area contributed by atoms with Crippen LogP contribution in [0.25, 0.3) is 11.3 Å². The van der Waals surface area contributed by atoms with Crippen molar-refractivity contribution in [2.45, 2.75) is 13.0 Å². The molecule has 4 nitrogen and oxygen atoms in total. The lowest BCUT2D eigenvalue weighted by Gasteiger charge is -2.01. The Hall–Kier alpha value is -2.14. The molecule has 0 saturated carbocycles. The summed E-state index contributed by atoms with van der Waals surface area (Å²) in [6, 6.07) is 9.82. The molecule has 106 valence electrons. The van der Waals surface area contributed by atoms with E-state index in [4.69, 9.17) is 4.42 Å². The highest BCUT2D eigenvalue weighted by atomic mass is 19.1. The van der Waals surface area contributed by atoms with Gasteiger partial charge in [-0.15, -0.1) is 0 Å². The average molecular weight is 277 g/mol. The lowest BCUT2D eigenvalue weighted by Crippen LogP contribution is -2.18. The minimum Gasteiger partial charge on any atom is -0.469 e. The van der Waals surface area contributed by atoms with Crippen LogP contribution in [-0.4, -0.2) is 19.6 Å². The SMILES string of the molecule is COC(=O)CCNCc1ccc(-c2ccc(F)cc2)o1. The Morgan fingerprint density at radius 2 is 2.00 bits per heavy atom. The van der Waals surface area contributed by atoms with Gasteiger partial charge in [-0.05, 0) is 36.4 Å². The van der Waals surface area contributed by atoms with E-state index in [9.17, 15) is 9.18 Å². The van der Waals surface area contributed by atoms with Crippen molar-refractivity contribution < 1.29 is 18.3 Å². The summed E-state index contributed by atoms with van der Waals surface area (Å²) in [5, 5.41) is 3.09. The van der Waals surface area contributed by atoms with Crippen molar-refractivity contribution in [2.24, 2.45) is 0 Å². The normalized spacial score (nSPS) is 10.5. The number of halogens is 1. The number of furan rings is 1. The molecular formula is C15H16FNO3. The Labute approximate surface area is 116 Å². The molecule has 0 fully saturated rings. The molecule has 2 aromatic rings. The zero-order valence-electron chi connectivity index (χ0n) is 11.2. The van der Waals surface area contributed by atoms with Crippen molar-refractivity contribution in [1.29, 1.82) is 0 Å². The molecule has 0 radical (unpaired) electrons. The molecule has 0 saturated heterocycles. The summed E-state index contributed by atoms with van der Waals surface area (Å²) in [6.45, 7) is 1.05. The van der Waals surface area contributed by atoms with Gasteiger partial charge >= 0.3 is 5.97 Å². The maximum atomic E-state index is 12.8. The zero-order valence-corrected chi connectivity index (χ0v) is 11.2. The second kappa shape index (κ2) is 6.86. The molecule has 1 heterocycles. The third-order valence-electron chi connectivity index (χ3n) is 2.82. The van der Waals surface area contributed by atoms with E-state index in [0.717, 1.165) is 11.3 Å². The summed E-state index contributed by atoms with van der Waals surface area (Å²) < 4.78 is 23.0. The Morgan fingerprint density at radius 3 is 2.70 bits per heavy atom. The molecule has 0 bridgehead atoms. The molecular weight excluding hydrogens is 261 g/mol. The molecule has 0 spiro atoms. The van der Waals surface area contributed by atoms with E-state index >= 15 is 0 Å². The van der Waals surface area contributed by atoms with Gasteiger partial charge < -0.3 is 14.5 Å². The molecule has 1 aromatic heterocycles. The Morgan fingerprint density at radius 1 is 1.25 bits per heavy atom. The maximum Gasteiger partial charge on any atom is 0.306 e. The Balaban J connectivity index is 1.86. The number of hydrogen-bond acceptors (Lipinski definition) is 4. The monoisotopic (exact) mass is 277 g/mol. The second-order valence-corrected chi connectivity index (χ2v) is 4.28. The van der Waals surface area contributed by atoms with E-state index in [-0.39, 0.29) is 11.8 Å². The standard InChI is InChI=1S/C15H16FNO3/c1-19-15(18)8-9-17-10-13-6-7-14(20-13)11-2-4-12(16)5-3-11/h2-7,17H,8-10H2,1H3. The first-order valence-electron chi connectivity index (χ1n) is 6.31. The van der Waals surface area contributed by atoms with Gasteiger partial charge in [0.25, 0.3) is 0 Å². The van der Waals surface area contributed by atoms with E-state index in [1.807, 2.05) is 12.1 Å². The van der Waals surface area contributed by atoms with Crippen LogP contribution in [0.5, 0.6) is 0 Å². The van der Waals surface area contributed by atoms with Crippen molar-refractivity contribution in [3.63, 3.8) is 0 Å². The van der Waals surface area contributed by atoms with Crippen LogP contribution in [-0.2, 0) is 16.1 Å². The number of nitrogens with one attached hydrogen (secondary N) is 1. The molecule has 2 rings (SSSR count). The van der Waals surface area contributed by atoms with Crippen LogP contribution in [0.2, 0.25) is 0 Å². The molecule has 20 heavy (non-hydrogen) atoms. The summed E-state index contributed by atoms with van der Waals surface area (Å²) in [5.41, 5.74) is 0.826. The van der Waals surface area contributed by atoms with Crippen LogP contribution >= 0.6 is 0 Å². The fourth-order valence-electron chi connectivity index (χ4n) is 1.75. The highest BCUT2D eigenvalue weighted by molar-refractivity contribution is 5.69. The lowest BCUT2D eigenvalue weighted by atomic mass is 10.2. The van der Waals surface area contributed by atoms with Crippen LogP contribution in [0, 0.1) is 5.82 Å². The van der Waals surface area contributed by atoms with Gasteiger partial charge in [0.1, 0.15) is 17.3 Å². The summed E-state index contributed by atoms with van der Waals surface area (Å²) in [5.74, 6) is 0.929. The van der Waals surface area contributed by atoms with Crippen LogP contribution < -0.4 is 5.32 Å². The molecule has 0 atom stereocenters. The smallest absolute Gasteiger partial charge is 0.306 e. The first-order valence-corrected chi connectivity index (χ1v) is 6.31. The van der Waals surface area contributed by atoms with Gasteiger partial charge in [0, 0.05) is 12.1 Å². The average Bonchev–Trinajstić information content (AvgIpc) is 2.93. The maximum absolute atomic E-state index is 12.8. The predicted molar refractivity (Wildman–Crippen MR) is 72.4 cm³/mol. The lowest BCUT2D eigenvalue weighted by molar-refractivity contribution is -0.140. The third-order valence-corrected chi connectivity index (χ3v) is 2.82. The topological polar surface area (TPSA) is 51.5 Å². The predicted octanol–water partition coefficient (Wildman–Crippen LogP) is 2.74. The minimum atomic E-state index is -0.273. The fourth-order valence-corrected chi connectivity index (χ4v) is 1.75. The zero-order chi connectivity index (χ0) is 14.4. The number of ether oxygens (including phenoxy) is 1. The van der Waals surface area contributed by atoms with E-state index in [2.05, 4.69) is 10.1 Å². The first-order chi connectivity index (χ1) is 9.69. The number of hydrogen-bond donors (Lipinski definition) is 1. The Kier molecular flexibility index (Phi) is 4.90. The van der Waals surface area contributed by atoms with Gasteiger partial charge in [0.05, 0.1) is 20.1 Å². The Bertz CT molecular complexity index is 563. The molecule has 0 aliphatic heterocycles. The number of esters is 1. The van der Waals surface area contributed by atoms with Crippen molar-refractivity contribution in [1.82, 2.24) is 5.32 Å². The summed E-state index contributed by atoms with van der Waals surface area (Å²) in [4.78, 5) is 10.9. The highest BCUT2D eigenvalue weighted by Crippen LogP contribution is 2.22. The van der Waals surface area contributed by atoms with Crippen LogP contribution in [0.3, 0.4) is 0 Å². The van der Waals surface area contributed by atoms with Gasteiger partial charge in [-0.3, -0.25) is 4.79 Å². The number of benzene rings is 1. The molecule has 1 aromatic carbocycles. The third kappa shape index (κ3) is 3.93. The van der Waals surface area contributed by atoms with Crippen LogP contribution in [0.15, 0.2) is 40.8 Å². The molecule has 0 aliphatic rings. The summed E-state index contributed by atoms with van der Waals surface area (Å²) in [7, 11) is 1.36. The van der Waals surface area contributed by atoms with Gasteiger partial charge in [-0.1, -0.05) is 0 Å². The van der Waals surface area contributed by atoms with Gasteiger partial charge in [0.2, 0.25) is 0 Å². The van der Waals surface area contributed by atoms with Crippen molar-refractivity contribution >= 4 is 5.97 Å². The first kappa shape index (κ1) is 14.3. The number of carbonyl (C=O) groups excluding carboxylic acids is 1. The molecule has 5 heteroatoms. The van der Waals surface area contributed by atoms with Crippen LogP contribution in [0.1, 0.15) is 12.2 Å².